The van der Waals surface area contributed by atoms with Crippen LogP contribution in [0.15, 0.2) is 16.5 Å². The van der Waals surface area contributed by atoms with Gasteiger partial charge >= 0.3 is 0 Å². The van der Waals surface area contributed by atoms with Gasteiger partial charge in [-0.25, -0.2) is 0 Å². The second-order valence-electron chi connectivity index (χ2n) is 6.15. The Balaban J connectivity index is 2.15. The molecule has 2 N–H and O–H groups in total. The topological polar surface area (TPSA) is 42.4 Å². The first-order chi connectivity index (χ1) is 8.89. The molecule has 0 aliphatic carbocycles. The standard InChI is InChI=1S/C15H26N2OS/c1-11-5-6-13(18-11)14(12(2)16)17-8-7-15(3,4)19-10-9-17/h5-6,12,14H,7-10,16H2,1-4H3. The van der Waals surface area contributed by atoms with Crippen molar-refractivity contribution < 1.29 is 4.42 Å². The van der Waals surface area contributed by atoms with Gasteiger partial charge in [0, 0.05) is 29.6 Å². The van der Waals surface area contributed by atoms with E-state index in [9.17, 15) is 0 Å². The molecule has 1 aliphatic rings. The van der Waals surface area contributed by atoms with Crippen molar-refractivity contribution in [2.45, 2.75) is 50.9 Å². The van der Waals surface area contributed by atoms with Crippen molar-refractivity contribution in [1.29, 1.82) is 0 Å². The van der Waals surface area contributed by atoms with Crippen LogP contribution in [0.2, 0.25) is 0 Å². The molecule has 0 bridgehead atoms. The van der Waals surface area contributed by atoms with Crippen molar-refractivity contribution in [3.8, 4) is 0 Å². The van der Waals surface area contributed by atoms with Crippen molar-refractivity contribution >= 4 is 11.8 Å². The van der Waals surface area contributed by atoms with Crippen molar-refractivity contribution in [2.24, 2.45) is 5.73 Å². The molecule has 3 nitrogen and oxygen atoms in total. The highest BCUT2D eigenvalue weighted by Gasteiger charge is 2.31. The minimum Gasteiger partial charge on any atom is -0.465 e. The second-order valence-corrected chi connectivity index (χ2v) is 7.95. The fourth-order valence-corrected chi connectivity index (χ4v) is 3.81. The quantitative estimate of drug-likeness (QED) is 0.924. The van der Waals surface area contributed by atoms with Crippen LogP contribution in [0.1, 0.15) is 44.8 Å². The first-order valence-electron chi connectivity index (χ1n) is 7.09. The van der Waals surface area contributed by atoms with Crippen LogP contribution < -0.4 is 5.73 Å². The van der Waals surface area contributed by atoms with Gasteiger partial charge in [0.05, 0.1) is 6.04 Å². The Hall–Kier alpha value is -0.450. The van der Waals surface area contributed by atoms with E-state index in [1.807, 2.05) is 13.0 Å². The Morgan fingerprint density at radius 1 is 1.37 bits per heavy atom. The van der Waals surface area contributed by atoms with Gasteiger partial charge in [-0.05, 0) is 32.4 Å². The normalized spacial score (nSPS) is 23.8. The number of thioether (sulfide) groups is 1. The van der Waals surface area contributed by atoms with E-state index in [0.717, 1.165) is 30.4 Å². The molecule has 19 heavy (non-hydrogen) atoms. The van der Waals surface area contributed by atoms with Crippen LogP contribution in [-0.2, 0) is 0 Å². The smallest absolute Gasteiger partial charge is 0.122 e. The zero-order valence-corrected chi connectivity index (χ0v) is 13.3. The lowest BCUT2D eigenvalue weighted by molar-refractivity contribution is 0.161. The molecule has 1 aliphatic heterocycles. The Labute approximate surface area is 120 Å². The first kappa shape index (κ1) is 14.9. The molecule has 0 spiro atoms. The lowest BCUT2D eigenvalue weighted by atomic mass is 10.0. The Bertz CT molecular complexity index is 414. The minimum absolute atomic E-state index is 0.0803. The number of nitrogens with zero attached hydrogens (tertiary/aromatic N) is 1. The lowest BCUT2D eigenvalue weighted by Gasteiger charge is -2.32. The third-order valence-electron chi connectivity index (χ3n) is 3.82. The molecule has 0 saturated carbocycles. The SMILES string of the molecule is Cc1ccc(C(C(C)N)N2CCSC(C)(C)CC2)o1. The summed E-state index contributed by atoms with van der Waals surface area (Å²) in [4.78, 5) is 2.49. The molecule has 0 radical (unpaired) electrons. The predicted octanol–water partition coefficient (Wildman–Crippen LogP) is 3.19. The van der Waals surface area contributed by atoms with Gasteiger partial charge in [0.15, 0.2) is 0 Å². The summed E-state index contributed by atoms with van der Waals surface area (Å²) in [7, 11) is 0. The van der Waals surface area contributed by atoms with Crippen molar-refractivity contribution in [1.82, 2.24) is 4.90 Å². The molecule has 4 heteroatoms. The molecule has 1 aromatic rings. The molecule has 2 rings (SSSR count). The van der Waals surface area contributed by atoms with E-state index in [-0.39, 0.29) is 12.1 Å². The second kappa shape index (κ2) is 5.90. The van der Waals surface area contributed by atoms with E-state index in [0.29, 0.717) is 4.75 Å². The van der Waals surface area contributed by atoms with Gasteiger partial charge in [-0.2, -0.15) is 11.8 Å². The number of aryl methyl sites for hydroxylation is 1. The summed E-state index contributed by atoms with van der Waals surface area (Å²) >= 11 is 2.06. The maximum atomic E-state index is 6.22. The average Bonchev–Trinajstić information content (AvgIpc) is 2.63. The fraction of sp³-hybridized carbons (Fsp3) is 0.733. The molecule has 2 heterocycles. The maximum Gasteiger partial charge on any atom is 0.122 e. The predicted molar refractivity (Wildman–Crippen MR) is 82.6 cm³/mol. The summed E-state index contributed by atoms with van der Waals surface area (Å²) in [5.41, 5.74) is 6.22. The summed E-state index contributed by atoms with van der Waals surface area (Å²) in [5, 5.41) is 0. The molecule has 0 aromatic carbocycles. The number of furan rings is 1. The minimum atomic E-state index is 0.0803. The van der Waals surface area contributed by atoms with Gasteiger partial charge in [0.1, 0.15) is 11.5 Å². The average molecular weight is 282 g/mol. The van der Waals surface area contributed by atoms with Crippen LogP contribution in [-0.4, -0.2) is 34.5 Å². The lowest BCUT2D eigenvalue weighted by Crippen LogP contribution is -2.40. The van der Waals surface area contributed by atoms with Gasteiger partial charge in [0.25, 0.3) is 0 Å². The van der Waals surface area contributed by atoms with Gasteiger partial charge in [-0.1, -0.05) is 13.8 Å². The zero-order chi connectivity index (χ0) is 14.0. The highest BCUT2D eigenvalue weighted by atomic mass is 32.2. The van der Waals surface area contributed by atoms with Gasteiger partial charge in [-0.15, -0.1) is 0 Å². The summed E-state index contributed by atoms with van der Waals surface area (Å²) in [6, 6.07) is 4.38. The Morgan fingerprint density at radius 3 is 2.68 bits per heavy atom. The number of hydrogen-bond donors (Lipinski definition) is 1. The molecule has 2 atom stereocenters. The van der Waals surface area contributed by atoms with Crippen LogP contribution in [0, 0.1) is 6.92 Å². The van der Waals surface area contributed by atoms with Crippen LogP contribution in [0.25, 0.3) is 0 Å². The van der Waals surface area contributed by atoms with Crippen LogP contribution in [0.4, 0.5) is 0 Å². The van der Waals surface area contributed by atoms with Gasteiger partial charge < -0.3 is 10.2 Å². The molecule has 1 saturated heterocycles. The number of nitrogens with two attached hydrogens (primary N) is 1. The molecule has 1 fully saturated rings. The van der Waals surface area contributed by atoms with E-state index < -0.39 is 0 Å². The highest BCUT2D eigenvalue weighted by molar-refractivity contribution is 8.00. The van der Waals surface area contributed by atoms with Crippen LogP contribution in [0.3, 0.4) is 0 Å². The molecular formula is C15H26N2OS. The third-order valence-corrected chi connectivity index (χ3v) is 5.19. The van der Waals surface area contributed by atoms with Crippen LogP contribution >= 0.6 is 11.8 Å². The highest BCUT2D eigenvalue weighted by Crippen LogP contribution is 2.34. The van der Waals surface area contributed by atoms with Crippen LogP contribution in [0.5, 0.6) is 0 Å². The molecule has 2 unspecified atom stereocenters. The number of rotatable bonds is 3. The molecule has 1 aromatic heterocycles. The van der Waals surface area contributed by atoms with E-state index in [1.54, 1.807) is 0 Å². The maximum absolute atomic E-state index is 6.22. The fourth-order valence-electron chi connectivity index (χ4n) is 2.70. The Morgan fingerprint density at radius 2 is 2.11 bits per heavy atom. The zero-order valence-electron chi connectivity index (χ0n) is 12.5. The summed E-state index contributed by atoms with van der Waals surface area (Å²) < 4.78 is 6.20. The third kappa shape index (κ3) is 3.77. The van der Waals surface area contributed by atoms with E-state index in [4.69, 9.17) is 10.2 Å². The summed E-state index contributed by atoms with van der Waals surface area (Å²) in [6.45, 7) is 10.9. The van der Waals surface area contributed by atoms with Gasteiger partial charge in [-0.3, -0.25) is 4.90 Å². The summed E-state index contributed by atoms with van der Waals surface area (Å²) in [6.07, 6.45) is 1.20. The summed E-state index contributed by atoms with van der Waals surface area (Å²) in [5.74, 6) is 3.14. The van der Waals surface area contributed by atoms with Crippen molar-refractivity contribution in [2.75, 3.05) is 18.8 Å². The van der Waals surface area contributed by atoms with E-state index >= 15 is 0 Å². The van der Waals surface area contributed by atoms with E-state index in [1.165, 1.54) is 6.42 Å². The number of hydrogen-bond acceptors (Lipinski definition) is 4. The van der Waals surface area contributed by atoms with Crippen molar-refractivity contribution in [3.63, 3.8) is 0 Å². The molecular weight excluding hydrogens is 256 g/mol. The monoisotopic (exact) mass is 282 g/mol. The molecule has 108 valence electrons. The van der Waals surface area contributed by atoms with Gasteiger partial charge in [0.2, 0.25) is 0 Å². The Kier molecular flexibility index (Phi) is 4.64. The largest absolute Gasteiger partial charge is 0.465 e. The van der Waals surface area contributed by atoms with E-state index in [2.05, 4.69) is 43.5 Å². The molecule has 0 amide bonds. The van der Waals surface area contributed by atoms with Crippen molar-refractivity contribution in [3.05, 3.63) is 23.7 Å². The first-order valence-corrected chi connectivity index (χ1v) is 8.07.